The number of ether oxygens (including phenoxy) is 1. The molecule has 0 aliphatic heterocycles. The van der Waals surface area contributed by atoms with E-state index in [2.05, 4.69) is 21.2 Å². The van der Waals surface area contributed by atoms with Crippen LogP contribution in [0.25, 0.3) is 0 Å². The number of hydrogen-bond donors (Lipinski definition) is 2. The zero-order valence-corrected chi connectivity index (χ0v) is 13.7. The summed E-state index contributed by atoms with van der Waals surface area (Å²) in [5.74, 6) is -0.706. The molecular weight excluding hydrogens is 362 g/mol. The van der Waals surface area contributed by atoms with Crippen LogP contribution in [0, 0.1) is 5.41 Å². The fourth-order valence-corrected chi connectivity index (χ4v) is 2.61. The summed E-state index contributed by atoms with van der Waals surface area (Å²) in [4.78, 5) is 23.0. The number of carboxylic acids is 1. The first-order valence-electron chi connectivity index (χ1n) is 6.47. The highest BCUT2D eigenvalue weighted by Crippen LogP contribution is 2.45. The topological polar surface area (TPSA) is 75.6 Å². The van der Waals surface area contributed by atoms with E-state index < -0.39 is 17.5 Å². The third-order valence-corrected chi connectivity index (χ3v) is 4.33. The molecule has 1 fully saturated rings. The lowest BCUT2D eigenvalue weighted by molar-refractivity contribution is -0.143. The third kappa shape index (κ3) is 3.89. The number of halogens is 2. The van der Waals surface area contributed by atoms with Crippen LogP contribution in [0.1, 0.15) is 19.8 Å². The molecule has 2 rings (SSSR count). The van der Waals surface area contributed by atoms with Crippen molar-refractivity contribution in [3.8, 4) is 5.75 Å². The molecule has 0 bridgehead atoms. The van der Waals surface area contributed by atoms with Gasteiger partial charge in [0.1, 0.15) is 5.75 Å². The molecule has 1 aliphatic carbocycles. The van der Waals surface area contributed by atoms with Crippen molar-refractivity contribution in [3.63, 3.8) is 0 Å². The number of benzene rings is 1. The van der Waals surface area contributed by atoms with E-state index in [9.17, 15) is 9.59 Å². The first kappa shape index (κ1) is 16.1. The smallest absolute Gasteiger partial charge is 0.311 e. The molecule has 21 heavy (non-hydrogen) atoms. The second-order valence-electron chi connectivity index (χ2n) is 5.14. The molecule has 2 N–H and O–H groups in total. The van der Waals surface area contributed by atoms with Crippen LogP contribution in [0.2, 0.25) is 5.02 Å². The van der Waals surface area contributed by atoms with Gasteiger partial charge in [0.2, 0.25) is 0 Å². The maximum atomic E-state index is 12.0. The molecule has 0 heterocycles. The van der Waals surface area contributed by atoms with Crippen LogP contribution in [0.5, 0.6) is 5.75 Å². The highest BCUT2D eigenvalue weighted by atomic mass is 79.9. The first-order valence-corrected chi connectivity index (χ1v) is 7.64. The molecule has 0 aromatic heterocycles. The minimum Gasteiger partial charge on any atom is -0.481 e. The summed E-state index contributed by atoms with van der Waals surface area (Å²) in [5, 5.41) is 12.2. The van der Waals surface area contributed by atoms with Gasteiger partial charge in [0.25, 0.3) is 5.91 Å². The Hall–Kier alpha value is -1.27. The zero-order chi connectivity index (χ0) is 15.6. The van der Waals surface area contributed by atoms with Gasteiger partial charge < -0.3 is 15.2 Å². The van der Waals surface area contributed by atoms with Crippen LogP contribution in [0.3, 0.4) is 0 Å². The Morgan fingerprint density at radius 2 is 2.19 bits per heavy atom. The van der Waals surface area contributed by atoms with Crippen molar-refractivity contribution in [1.82, 2.24) is 5.32 Å². The molecule has 1 atom stereocenters. The number of carbonyl (C=O) groups is 2. The number of rotatable bonds is 6. The van der Waals surface area contributed by atoms with Gasteiger partial charge >= 0.3 is 5.97 Å². The Labute approximate surface area is 135 Å². The summed E-state index contributed by atoms with van der Waals surface area (Å²) in [6.07, 6.45) is 0.466. The second-order valence-corrected chi connectivity index (χ2v) is 6.43. The van der Waals surface area contributed by atoms with Crippen LogP contribution in [0.4, 0.5) is 0 Å². The summed E-state index contributed by atoms with van der Waals surface area (Å²) >= 11 is 9.14. The molecule has 0 spiro atoms. The van der Waals surface area contributed by atoms with Gasteiger partial charge in [-0.3, -0.25) is 9.59 Å². The maximum absolute atomic E-state index is 12.0. The lowest BCUT2D eigenvalue weighted by atomic mass is 10.1. The quantitative estimate of drug-likeness (QED) is 0.800. The van der Waals surface area contributed by atoms with Crippen LogP contribution < -0.4 is 10.1 Å². The maximum Gasteiger partial charge on any atom is 0.311 e. The lowest BCUT2D eigenvalue weighted by Crippen LogP contribution is -2.41. The molecule has 1 aromatic rings. The third-order valence-electron chi connectivity index (χ3n) is 3.48. The van der Waals surface area contributed by atoms with Gasteiger partial charge in [0.15, 0.2) is 6.10 Å². The van der Waals surface area contributed by atoms with E-state index in [1.807, 2.05) is 0 Å². The van der Waals surface area contributed by atoms with Crippen molar-refractivity contribution < 1.29 is 19.4 Å². The van der Waals surface area contributed by atoms with Crippen molar-refractivity contribution in [2.75, 3.05) is 6.54 Å². The normalized spacial score (nSPS) is 16.9. The highest BCUT2D eigenvalue weighted by Gasteiger charge is 2.50. The van der Waals surface area contributed by atoms with Gasteiger partial charge in [0.05, 0.1) is 9.89 Å². The predicted octanol–water partition coefficient (Wildman–Crippen LogP) is 2.85. The largest absolute Gasteiger partial charge is 0.481 e. The number of hydrogen-bond acceptors (Lipinski definition) is 3. The molecule has 1 amide bonds. The fourth-order valence-electron chi connectivity index (χ4n) is 1.83. The Bertz CT molecular complexity index is 574. The van der Waals surface area contributed by atoms with E-state index in [0.29, 0.717) is 28.1 Å². The van der Waals surface area contributed by atoms with Gasteiger partial charge in [0, 0.05) is 11.6 Å². The highest BCUT2D eigenvalue weighted by molar-refractivity contribution is 9.10. The van der Waals surface area contributed by atoms with Crippen molar-refractivity contribution >= 4 is 39.4 Å². The SMILES string of the molecule is CC(Oc1ccc(Cl)cc1Br)C(=O)NCC1(C(=O)O)CC1. The number of amides is 1. The van der Waals surface area contributed by atoms with E-state index >= 15 is 0 Å². The minimum absolute atomic E-state index is 0.136. The molecule has 1 aliphatic rings. The summed E-state index contributed by atoms with van der Waals surface area (Å²) in [6.45, 7) is 1.74. The molecule has 1 saturated carbocycles. The Morgan fingerprint density at radius 1 is 1.52 bits per heavy atom. The molecule has 0 radical (unpaired) electrons. The second kappa shape index (κ2) is 6.23. The Kier molecular flexibility index (Phi) is 4.78. The average molecular weight is 377 g/mol. The predicted molar refractivity (Wildman–Crippen MR) is 81.6 cm³/mol. The van der Waals surface area contributed by atoms with Crippen molar-refractivity contribution in [2.45, 2.75) is 25.9 Å². The Balaban J connectivity index is 1.89. The standard InChI is InChI=1S/C14H15BrClNO4/c1-8(21-11-3-2-9(16)6-10(11)15)12(18)17-7-14(4-5-14)13(19)20/h2-3,6,8H,4-5,7H2,1H3,(H,17,18)(H,19,20). The van der Waals surface area contributed by atoms with Crippen LogP contribution in [0.15, 0.2) is 22.7 Å². The first-order chi connectivity index (χ1) is 9.84. The van der Waals surface area contributed by atoms with Crippen molar-refractivity contribution in [2.24, 2.45) is 5.41 Å². The average Bonchev–Trinajstić information content (AvgIpc) is 3.20. The number of nitrogens with one attached hydrogen (secondary N) is 1. The zero-order valence-electron chi connectivity index (χ0n) is 11.4. The summed E-state index contributed by atoms with van der Waals surface area (Å²) in [6, 6.07) is 5.00. The summed E-state index contributed by atoms with van der Waals surface area (Å²) < 4.78 is 6.19. The molecular formula is C14H15BrClNO4. The molecule has 114 valence electrons. The van der Waals surface area contributed by atoms with E-state index in [-0.39, 0.29) is 12.5 Å². The van der Waals surface area contributed by atoms with Crippen LogP contribution >= 0.6 is 27.5 Å². The van der Waals surface area contributed by atoms with Crippen molar-refractivity contribution in [3.05, 3.63) is 27.7 Å². The van der Waals surface area contributed by atoms with Gasteiger partial charge in [-0.1, -0.05) is 11.6 Å². The minimum atomic E-state index is -0.864. The van der Waals surface area contributed by atoms with E-state index in [1.54, 1.807) is 25.1 Å². The molecule has 0 saturated heterocycles. The number of aliphatic carboxylic acids is 1. The molecule has 1 unspecified atom stereocenters. The van der Waals surface area contributed by atoms with Crippen LogP contribution in [-0.4, -0.2) is 29.6 Å². The number of carbonyl (C=O) groups excluding carboxylic acids is 1. The Morgan fingerprint density at radius 3 is 2.71 bits per heavy atom. The van der Waals surface area contributed by atoms with Gasteiger partial charge in [-0.05, 0) is 53.9 Å². The van der Waals surface area contributed by atoms with Crippen molar-refractivity contribution in [1.29, 1.82) is 0 Å². The fraction of sp³-hybridized carbons (Fsp3) is 0.429. The molecule has 5 nitrogen and oxygen atoms in total. The summed E-state index contributed by atoms with van der Waals surface area (Å²) in [5.41, 5.74) is -0.782. The van der Waals surface area contributed by atoms with E-state index in [0.717, 1.165) is 0 Å². The van der Waals surface area contributed by atoms with Gasteiger partial charge in [-0.25, -0.2) is 0 Å². The van der Waals surface area contributed by atoms with Gasteiger partial charge in [-0.2, -0.15) is 0 Å². The van der Waals surface area contributed by atoms with Crippen LogP contribution in [-0.2, 0) is 9.59 Å². The van der Waals surface area contributed by atoms with E-state index in [4.69, 9.17) is 21.4 Å². The van der Waals surface area contributed by atoms with E-state index in [1.165, 1.54) is 0 Å². The molecule has 7 heteroatoms. The lowest BCUT2D eigenvalue weighted by Gasteiger charge is -2.17. The van der Waals surface area contributed by atoms with Gasteiger partial charge in [-0.15, -0.1) is 0 Å². The monoisotopic (exact) mass is 375 g/mol. The summed E-state index contributed by atoms with van der Waals surface area (Å²) in [7, 11) is 0. The number of carboxylic acid groups (broad SMARTS) is 1. The molecule has 1 aromatic carbocycles.